The van der Waals surface area contributed by atoms with Crippen molar-refractivity contribution in [3.63, 3.8) is 0 Å². The number of carboxylic acids is 2. The zero-order valence-electron chi connectivity index (χ0n) is 8.14. The van der Waals surface area contributed by atoms with Gasteiger partial charge in [-0.1, -0.05) is 13.8 Å². The van der Waals surface area contributed by atoms with Gasteiger partial charge in [0.15, 0.2) is 0 Å². The first-order valence-corrected chi connectivity index (χ1v) is 5.24. The molecule has 0 amide bonds. The molecule has 0 saturated heterocycles. The van der Waals surface area contributed by atoms with Gasteiger partial charge in [0.25, 0.3) is 0 Å². The van der Waals surface area contributed by atoms with Gasteiger partial charge in [-0.05, 0) is 5.92 Å². The van der Waals surface area contributed by atoms with E-state index >= 15 is 0 Å². The second kappa shape index (κ2) is 5.87. The standard InChI is InChI=1S/C8H15NO4S/c1-4(2)6(8(12)13)14-3-5(9)7(10)11/h4-6H,3,9H2,1-2H3,(H,10,11)(H,12,13). The van der Waals surface area contributed by atoms with Crippen LogP contribution in [0.5, 0.6) is 0 Å². The summed E-state index contributed by atoms with van der Waals surface area (Å²) in [4.78, 5) is 21.1. The average molecular weight is 221 g/mol. The van der Waals surface area contributed by atoms with Gasteiger partial charge in [-0.25, -0.2) is 0 Å². The molecule has 0 fully saturated rings. The molecule has 14 heavy (non-hydrogen) atoms. The van der Waals surface area contributed by atoms with Crippen LogP contribution >= 0.6 is 11.8 Å². The van der Waals surface area contributed by atoms with E-state index in [4.69, 9.17) is 15.9 Å². The molecule has 5 nitrogen and oxygen atoms in total. The topological polar surface area (TPSA) is 101 Å². The van der Waals surface area contributed by atoms with E-state index in [1.165, 1.54) is 0 Å². The van der Waals surface area contributed by atoms with Crippen LogP contribution in [0.1, 0.15) is 13.8 Å². The second-order valence-corrected chi connectivity index (χ2v) is 4.46. The lowest BCUT2D eigenvalue weighted by Gasteiger charge is -2.16. The highest BCUT2D eigenvalue weighted by molar-refractivity contribution is 8.00. The minimum absolute atomic E-state index is 0.0431. The van der Waals surface area contributed by atoms with E-state index in [0.717, 1.165) is 11.8 Å². The van der Waals surface area contributed by atoms with E-state index in [1.54, 1.807) is 13.8 Å². The second-order valence-electron chi connectivity index (χ2n) is 3.28. The first kappa shape index (κ1) is 13.2. The van der Waals surface area contributed by atoms with Crippen molar-refractivity contribution >= 4 is 23.7 Å². The van der Waals surface area contributed by atoms with Gasteiger partial charge >= 0.3 is 11.9 Å². The van der Waals surface area contributed by atoms with Gasteiger partial charge in [0.05, 0.1) is 0 Å². The molecule has 82 valence electrons. The molecule has 0 aromatic carbocycles. The Balaban J connectivity index is 4.07. The monoisotopic (exact) mass is 221 g/mol. The first-order valence-electron chi connectivity index (χ1n) is 4.19. The van der Waals surface area contributed by atoms with Gasteiger partial charge in [0, 0.05) is 5.75 Å². The fourth-order valence-corrected chi connectivity index (χ4v) is 1.91. The Labute approximate surface area is 86.7 Å². The highest BCUT2D eigenvalue weighted by atomic mass is 32.2. The molecule has 0 aliphatic carbocycles. The fraction of sp³-hybridized carbons (Fsp3) is 0.750. The molecule has 4 N–H and O–H groups in total. The van der Waals surface area contributed by atoms with Crippen LogP contribution in [0.4, 0.5) is 0 Å². The lowest BCUT2D eigenvalue weighted by atomic mass is 10.1. The molecule has 0 aliphatic rings. The van der Waals surface area contributed by atoms with Crippen molar-refractivity contribution in [2.75, 3.05) is 5.75 Å². The van der Waals surface area contributed by atoms with E-state index in [-0.39, 0.29) is 11.7 Å². The summed E-state index contributed by atoms with van der Waals surface area (Å²) in [5.74, 6) is -1.96. The Morgan fingerprint density at radius 1 is 1.29 bits per heavy atom. The molecule has 2 atom stereocenters. The van der Waals surface area contributed by atoms with Gasteiger partial charge in [-0.3, -0.25) is 9.59 Å². The molecule has 0 aromatic heterocycles. The molecular weight excluding hydrogens is 206 g/mol. The normalized spacial score (nSPS) is 15.1. The van der Waals surface area contributed by atoms with Crippen LogP contribution < -0.4 is 5.73 Å². The fourth-order valence-electron chi connectivity index (χ4n) is 0.828. The van der Waals surface area contributed by atoms with Crippen molar-refractivity contribution in [1.29, 1.82) is 0 Å². The Bertz CT molecular complexity index is 219. The predicted octanol–water partition coefficient (Wildman–Crippen LogP) is 0.241. The SMILES string of the molecule is CC(C)C(SCC(N)C(=O)O)C(=O)O. The van der Waals surface area contributed by atoms with Gasteiger partial charge in [-0.15, -0.1) is 11.8 Å². The molecular formula is C8H15NO4S. The largest absolute Gasteiger partial charge is 0.480 e. The molecule has 0 spiro atoms. The summed E-state index contributed by atoms with van der Waals surface area (Å²) in [6.07, 6.45) is 0. The maximum absolute atomic E-state index is 10.7. The quantitative estimate of drug-likeness (QED) is 0.594. The first-order chi connectivity index (χ1) is 6.36. The zero-order valence-corrected chi connectivity index (χ0v) is 8.95. The van der Waals surface area contributed by atoms with Gasteiger partial charge in [-0.2, -0.15) is 0 Å². The summed E-state index contributed by atoms with van der Waals surface area (Å²) < 4.78 is 0. The molecule has 0 heterocycles. The summed E-state index contributed by atoms with van der Waals surface area (Å²) in [6.45, 7) is 3.55. The summed E-state index contributed by atoms with van der Waals surface area (Å²) >= 11 is 1.07. The molecule has 2 unspecified atom stereocenters. The van der Waals surface area contributed by atoms with E-state index in [9.17, 15) is 9.59 Å². The van der Waals surface area contributed by atoms with E-state index in [2.05, 4.69) is 0 Å². The summed E-state index contributed by atoms with van der Waals surface area (Å²) in [5.41, 5.74) is 5.25. The summed E-state index contributed by atoms with van der Waals surface area (Å²) in [7, 11) is 0. The molecule has 0 radical (unpaired) electrons. The van der Waals surface area contributed by atoms with Crippen LogP contribution in [0.3, 0.4) is 0 Å². The number of carboxylic acid groups (broad SMARTS) is 2. The Morgan fingerprint density at radius 2 is 1.79 bits per heavy atom. The van der Waals surface area contributed by atoms with Crippen molar-refractivity contribution in [3.05, 3.63) is 0 Å². The van der Waals surface area contributed by atoms with Gasteiger partial charge in [0.1, 0.15) is 11.3 Å². The van der Waals surface area contributed by atoms with Gasteiger partial charge < -0.3 is 15.9 Å². The predicted molar refractivity (Wildman–Crippen MR) is 54.3 cm³/mol. The number of aliphatic carboxylic acids is 2. The van der Waals surface area contributed by atoms with Gasteiger partial charge in [0.2, 0.25) is 0 Å². The number of rotatable bonds is 6. The maximum atomic E-state index is 10.7. The third-order valence-electron chi connectivity index (χ3n) is 1.62. The molecule has 0 rings (SSSR count). The number of thioether (sulfide) groups is 1. The highest BCUT2D eigenvalue weighted by Gasteiger charge is 2.24. The minimum Gasteiger partial charge on any atom is -0.480 e. The van der Waals surface area contributed by atoms with Crippen molar-refractivity contribution in [2.24, 2.45) is 11.7 Å². The van der Waals surface area contributed by atoms with E-state index in [0.29, 0.717) is 0 Å². The molecule has 0 aliphatic heterocycles. The zero-order chi connectivity index (χ0) is 11.3. The minimum atomic E-state index is -1.11. The van der Waals surface area contributed by atoms with Crippen LogP contribution in [0.15, 0.2) is 0 Å². The van der Waals surface area contributed by atoms with E-state index in [1.807, 2.05) is 0 Å². The maximum Gasteiger partial charge on any atom is 0.321 e. The molecule has 0 bridgehead atoms. The van der Waals surface area contributed by atoms with Crippen LogP contribution in [-0.2, 0) is 9.59 Å². The van der Waals surface area contributed by atoms with Crippen LogP contribution in [-0.4, -0.2) is 39.2 Å². The Kier molecular flexibility index (Phi) is 5.56. The lowest BCUT2D eigenvalue weighted by Crippen LogP contribution is -2.34. The van der Waals surface area contributed by atoms with Crippen molar-refractivity contribution in [1.82, 2.24) is 0 Å². The Hall–Kier alpha value is -0.750. The smallest absolute Gasteiger partial charge is 0.321 e. The van der Waals surface area contributed by atoms with Crippen molar-refractivity contribution < 1.29 is 19.8 Å². The summed E-state index contributed by atoms with van der Waals surface area (Å²) in [6, 6.07) is -0.999. The van der Waals surface area contributed by atoms with Crippen LogP contribution in [0.25, 0.3) is 0 Å². The number of nitrogens with two attached hydrogens (primary N) is 1. The summed E-state index contributed by atoms with van der Waals surface area (Å²) in [5, 5.41) is 16.7. The Morgan fingerprint density at radius 3 is 2.07 bits per heavy atom. The van der Waals surface area contributed by atoms with Crippen LogP contribution in [0, 0.1) is 5.92 Å². The van der Waals surface area contributed by atoms with Crippen LogP contribution in [0.2, 0.25) is 0 Å². The number of hydrogen-bond donors (Lipinski definition) is 3. The van der Waals surface area contributed by atoms with Crippen molar-refractivity contribution in [3.8, 4) is 0 Å². The number of carbonyl (C=O) groups is 2. The van der Waals surface area contributed by atoms with E-state index < -0.39 is 23.2 Å². The lowest BCUT2D eigenvalue weighted by molar-refractivity contribution is -0.138. The highest BCUT2D eigenvalue weighted by Crippen LogP contribution is 2.20. The average Bonchev–Trinajstić information content (AvgIpc) is 2.02. The molecule has 6 heteroatoms. The third-order valence-corrected chi connectivity index (χ3v) is 3.28. The third kappa shape index (κ3) is 4.48. The number of hydrogen-bond acceptors (Lipinski definition) is 4. The van der Waals surface area contributed by atoms with Crippen molar-refractivity contribution in [2.45, 2.75) is 25.1 Å². The molecule has 0 aromatic rings. The molecule has 0 saturated carbocycles.